The lowest BCUT2D eigenvalue weighted by atomic mass is 10.3. The number of aliphatic carboxylic acids is 1. The van der Waals surface area contributed by atoms with Crippen LogP contribution in [0.15, 0.2) is 11.8 Å². The number of carboxylic acid groups (broad SMARTS) is 1. The van der Waals surface area contributed by atoms with Crippen LogP contribution >= 0.6 is 0 Å². The molecule has 0 saturated heterocycles. The smallest absolute Gasteiger partial charge is 0.353 e. The van der Waals surface area contributed by atoms with Crippen LogP contribution in [0.2, 0.25) is 0 Å². The lowest BCUT2D eigenvalue weighted by Gasteiger charge is -2.00. The third-order valence-corrected chi connectivity index (χ3v) is 1.05. The largest absolute Gasteiger partial charge is 0.477 e. The highest BCUT2D eigenvalue weighted by Gasteiger charge is 2.01. The minimum Gasteiger partial charge on any atom is -0.477 e. The summed E-state index contributed by atoms with van der Waals surface area (Å²) >= 11 is 0. The van der Waals surface area contributed by atoms with Gasteiger partial charge in [-0.3, -0.25) is 5.41 Å². The maximum atomic E-state index is 10.1. The number of nitrogens with one attached hydrogen (secondary N) is 2. The Hall–Kier alpha value is -1.32. The van der Waals surface area contributed by atoms with E-state index in [4.69, 9.17) is 10.5 Å². The standard InChI is InChI=1S/C7H12N2O2/c1-3-9-5(2)4-6(8)7(10)11/h4,8-9H,3H2,1-2H3,(H,10,11)/b5-4-,8-6?. The Labute approximate surface area is 65.4 Å². The van der Waals surface area contributed by atoms with E-state index in [0.29, 0.717) is 5.70 Å². The van der Waals surface area contributed by atoms with Crippen molar-refractivity contribution in [1.82, 2.24) is 5.32 Å². The summed E-state index contributed by atoms with van der Waals surface area (Å²) in [6.45, 7) is 4.36. The summed E-state index contributed by atoms with van der Waals surface area (Å²) in [6, 6.07) is 0. The molecule has 3 N–H and O–H groups in total. The molecule has 0 rings (SSSR count). The molecule has 4 heteroatoms. The van der Waals surface area contributed by atoms with Crippen LogP contribution in [0.4, 0.5) is 0 Å². The van der Waals surface area contributed by atoms with Gasteiger partial charge in [0.25, 0.3) is 0 Å². The summed E-state index contributed by atoms with van der Waals surface area (Å²) in [5, 5.41) is 18.1. The number of carbonyl (C=O) groups is 1. The Morgan fingerprint density at radius 2 is 2.27 bits per heavy atom. The molecular formula is C7H12N2O2. The number of hydrogen-bond donors (Lipinski definition) is 3. The van der Waals surface area contributed by atoms with E-state index < -0.39 is 11.7 Å². The second-order valence-electron chi connectivity index (χ2n) is 2.08. The summed E-state index contributed by atoms with van der Waals surface area (Å²) in [5.74, 6) is -1.21. The van der Waals surface area contributed by atoms with E-state index in [9.17, 15) is 4.79 Å². The molecule has 0 amide bonds. The van der Waals surface area contributed by atoms with Gasteiger partial charge < -0.3 is 10.4 Å². The van der Waals surface area contributed by atoms with Gasteiger partial charge in [-0.25, -0.2) is 4.79 Å². The highest BCUT2D eigenvalue weighted by Crippen LogP contribution is 1.87. The second-order valence-corrected chi connectivity index (χ2v) is 2.08. The Morgan fingerprint density at radius 3 is 2.64 bits per heavy atom. The van der Waals surface area contributed by atoms with Gasteiger partial charge in [0, 0.05) is 12.2 Å². The summed E-state index contributed by atoms with van der Waals surface area (Å²) in [4.78, 5) is 10.1. The van der Waals surface area contributed by atoms with E-state index in [2.05, 4.69) is 5.32 Å². The Morgan fingerprint density at radius 1 is 1.73 bits per heavy atom. The Bertz CT molecular complexity index is 197. The first kappa shape index (κ1) is 9.68. The molecular weight excluding hydrogens is 144 g/mol. The average molecular weight is 156 g/mol. The second kappa shape index (κ2) is 4.49. The molecule has 0 heterocycles. The zero-order chi connectivity index (χ0) is 8.85. The number of hydrogen-bond acceptors (Lipinski definition) is 3. The fourth-order valence-electron chi connectivity index (χ4n) is 0.608. The Kier molecular flexibility index (Phi) is 3.95. The van der Waals surface area contributed by atoms with Crippen molar-refractivity contribution in [2.75, 3.05) is 6.54 Å². The van der Waals surface area contributed by atoms with Crippen molar-refractivity contribution in [2.24, 2.45) is 0 Å². The van der Waals surface area contributed by atoms with Gasteiger partial charge in [-0.2, -0.15) is 0 Å². The van der Waals surface area contributed by atoms with Crippen molar-refractivity contribution in [3.05, 3.63) is 11.8 Å². The van der Waals surface area contributed by atoms with E-state index in [1.54, 1.807) is 6.92 Å². The monoisotopic (exact) mass is 156 g/mol. The number of carboxylic acids is 1. The third-order valence-electron chi connectivity index (χ3n) is 1.05. The molecule has 0 aromatic carbocycles. The molecule has 0 radical (unpaired) electrons. The summed E-state index contributed by atoms with van der Waals surface area (Å²) < 4.78 is 0. The molecule has 0 saturated carbocycles. The van der Waals surface area contributed by atoms with Crippen molar-refractivity contribution in [1.29, 1.82) is 5.41 Å². The fourth-order valence-corrected chi connectivity index (χ4v) is 0.608. The van der Waals surface area contributed by atoms with Crippen molar-refractivity contribution >= 4 is 11.7 Å². The highest BCUT2D eigenvalue weighted by molar-refractivity contribution is 6.39. The van der Waals surface area contributed by atoms with E-state index in [-0.39, 0.29) is 0 Å². The van der Waals surface area contributed by atoms with Crippen LogP contribution in [0.5, 0.6) is 0 Å². The SMILES string of the molecule is CCN/C(C)=C\C(=N)C(=O)O. The van der Waals surface area contributed by atoms with Gasteiger partial charge in [0.15, 0.2) is 0 Å². The van der Waals surface area contributed by atoms with Crippen LogP contribution < -0.4 is 5.32 Å². The van der Waals surface area contributed by atoms with Gasteiger partial charge in [-0.1, -0.05) is 0 Å². The lowest BCUT2D eigenvalue weighted by molar-refractivity contribution is -0.129. The first-order valence-electron chi connectivity index (χ1n) is 3.32. The van der Waals surface area contributed by atoms with Gasteiger partial charge in [-0.15, -0.1) is 0 Å². The fraction of sp³-hybridized carbons (Fsp3) is 0.429. The molecule has 0 aromatic rings. The minimum atomic E-state index is -1.21. The molecule has 11 heavy (non-hydrogen) atoms. The van der Waals surface area contributed by atoms with Crippen molar-refractivity contribution in [2.45, 2.75) is 13.8 Å². The van der Waals surface area contributed by atoms with Crippen LogP contribution in [0, 0.1) is 5.41 Å². The van der Waals surface area contributed by atoms with Crippen LogP contribution in [0.25, 0.3) is 0 Å². The zero-order valence-electron chi connectivity index (χ0n) is 6.64. The lowest BCUT2D eigenvalue weighted by Crippen LogP contribution is -2.14. The highest BCUT2D eigenvalue weighted by atomic mass is 16.4. The van der Waals surface area contributed by atoms with Gasteiger partial charge in [0.1, 0.15) is 5.71 Å². The predicted molar refractivity (Wildman–Crippen MR) is 42.8 cm³/mol. The first-order valence-corrected chi connectivity index (χ1v) is 3.32. The summed E-state index contributed by atoms with van der Waals surface area (Å²) in [5.41, 5.74) is 0.295. The van der Waals surface area contributed by atoms with Crippen LogP contribution in [-0.2, 0) is 4.79 Å². The van der Waals surface area contributed by atoms with E-state index in [1.165, 1.54) is 6.08 Å². The predicted octanol–water partition coefficient (Wildman–Crippen LogP) is 0.604. The van der Waals surface area contributed by atoms with Crippen molar-refractivity contribution < 1.29 is 9.90 Å². The number of rotatable bonds is 4. The molecule has 0 spiro atoms. The van der Waals surface area contributed by atoms with Gasteiger partial charge in [-0.05, 0) is 19.9 Å². The maximum Gasteiger partial charge on any atom is 0.353 e. The van der Waals surface area contributed by atoms with Gasteiger partial charge >= 0.3 is 5.97 Å². The number of allylic oxidation sites excluding steroid dienone is 1. The van der Waals surface area contributed by atoms with Gasteiger partial charge in [0.05, 0.1) is 0 Å². The topological polar surface area (TPSA) is 73.2 Å². The normalized spacial score (nSPS) is 10.9. The van der Waals surface area contributed by atoms with Crippen molar-refractivity contribution in [3.8, 4) is 0 Å². The van der Waals surface area contributed by atoms with Crippen LogP contribution in [-0.4, -0.2) is 23.3 Å². The third kappa shape index (κ3) is 4.13. The van der Waals surface area contributed by atoms with Gasteiger partial charge in [0.2, 0.25) is 0 Å². The average Bonchev–Trinajstić information content (AvgIpc) is 1.87. The maximum absolute atomic E-state index is 10.1. The molecule has 0 aliphatic heterocycles. The van der Waals surface area contributed by atoms with E-state index >= 15 is 0 Å². The first-order chi connectivity index (χ1) is 5.07. The molecule has 0 aliphatic rings. The van der Waals surface area contributed by atoms with Crippen LogP contribution in [0.1, 0.15) is 13.8 Å². The summed E-state index contributed by atoms with van der Waals surface area (Å²) in [7, 11) is 0. The molecule has 0 aromatic heterocycles. The molecule has 62 valence electrons. The molecule has 0 atom stereocenters. The summed E-state index contributed by atoms with van der Waals surface area (Å²) in [6.07, 6.45) is 1.28. The van der Waals surface area contributed by atoms with E-state index in [1.807, 2.05) is 6.92 Å². The quantitative estimate of drug-likeness (QED) is 0.522. The molecule has 0 unspecified atom stereocenters. The van der Waals surface area contributed by atoms with E-state index in [0.717, 1.165) is 6.54 Å². The van der Waals surface area contributed by atoms with Crippen molar-refractivity contribution in [3.63, 3.8) is 0 Å². The zero-order valence-corrected chi connectivity index (χ0v) is 6.64. The molecule has 0 bridgehead atoms. The van der Waals surface area contributed by atoms with Crippen LogP contribution in [0.3, 0.4) is 0 Å². The molecule has 0 fully saturated rings. The Balaban J connectivity index is 4.08. The molecule has 4 nitrogen and oxygen atoms in total. The molecule has 0 aliphatic carbocycles. The minimum absolute atomic E-state index is 0.400.